The zero-order valence-corrected chi connectivity index (χ0v) is 9.40. The third-order valence-electron chi connectivity index (χ3n) is 1.77. The van der Waals surface area contributed by atoms with E-state index in [9.17, 15) is 4.79 Å². The molecule has 0 bridgehead atoms. The van der Waals surface area contributed by atoms with Gasteiger partial charge in [-0.05, 0) is 28.7 Å². The molecule has 0 unspecified atom stereocenters. The summed E-state index contributed by atoms with van der Waals surface area (Å²) in [5, 5.41) is 7.68. The molecule has 0 aliphatic rings. The first-order chi connectivity index (χ1) is 6.72. The molecule has 2 aromatic heterocycles. The molecule has 2 aromatic rings. The summed E-state index contributed by atoms with van der Waals surface area (Å²) in [6, 6.07) is 1.62. The topological polar surface area (TPSA) is 67.9 Å². The number of H-pyrrole nitrogens is 1. The lowest BCUT2D eigenvalue weighted by Crippen LogP contribution is -2.05. The fourth-order valence-electron chi connectivity index (χ4n) is 1.09. The highest BCUT2D eigenvalue weighted by Gasteiger charge is 2.10. The van der Waals surface area contributed by atoms with Gasteiger partial charge in [0.25, 0.3) is 0 Å². The second-order valence-corrected chi connectivity index (χ2v) is 3.78. The zero-order chi connectivity index (χ0) is 10.1. The second-order valence-electron chi connectivity index (χ2n) is 2.62. The van der Waals surface area contributed by atoms with E-state index in [1.807, 2.05) is 0 Å². The number of nitrogens with one attached hydrogen (secondary N) is 1. The van der Waals surface area contributed by atoms with Gasteiger partial charge in [0.05, 0.1) is 16.2 Å². The minimum Gasteiger partial charge on any atom is -0.464 e. The molecule has 0 aliphatic carbocycles. The summed E-state index contributed by atoms with van der Waals surface area (Å²) >= 11 is 2.14. The Bertz CT molecular complexity index is 494. The maximum absolute atomic E-state index is 11.1. The molecule has 0 radical (unpaired) electrons. The number of carbonyl (C=O) groups excluding carboxylic acids is 1. The summed E-state index contributed by atoms with van der Waals surface area (Å²) < 4.78 is 5.51. The molecule has 0 saturated carbocycles. The molecule has 0 amide bonds. The lowest BCUT2D eigenvalue weighted by molar-refractivity contribution is 0.0593. The van der Waals surface area contributed by atoms with E-state index in [4.69, 9.17) is 0 Å². The number of nitrogens with zero attached hydrogens (tertiary/aromatic N) is 2. The van der Waals surface area contributed by atoms with Gasteiger partial charge in [0.15, 0.2) is 5.69 Å². The first kappa shape index (κ1) is 9.38. The van der Waals surface area contributed by atoms with Gasteiger partial charge in [-0.15, -0.1) is 10.2 Å². The van der Waals surface area contributed by atoms with Crippen LogP contribution >= 0.6 is 22.6 Å². The number of esters is 1. The molecule has 14 heavy (non-hydrogen) atoms. The average molecular weight is 303 g/mol. The van der Waals surface area contributed by atoms with Crippen molar-refractivity contribution in [3.8, 4) is 0 Å². The van der Waals surface area contributed by atoms with Gasteiger partial charge in [0.1, 0.15) is 5.52 Å². The predicted octanol–water partition coefficient (Wildman–Crippen LogP) is 1.35. The molecule has 0 spiro atoms. The second kappa shape index (κ2) is 3.52. The summed E-state index contributed by atoms with van der Waals surface area (Å²) in [5.74, 6) is -0.482. The predicted molar refractivity (Wildman–Crippen MR) is 57.9 cm³/mol. The SMILES string of the molecule is COC(=O)c1cc2[nH]cc(I)c2nn1. The third kappa shape index (κ3) is 1.45. The minimum atomic E-state index is -0.482. The van der Waals surface area contributed by atoms with E-state index in [1.165, 1.54) is 7.11 Å². The van der Waals surface area contributed by atoms with Crippen molar-refractivity contribution in [3.05, 3.63) is 21.5 Å². The lowest BCUT2D eigenvalue weighted by atomic mass is 10.3. The molecule has 6 heteroatoms. The number of fused-ring (bicyclic) bond motifs is 1. The summed E-state index contributed by atoms with van der Waals surface area (Å²) in [5.41, 5.74) is 1.75. The van der Waals surface area contributed by atoms with Crippen LogP contribution in [0.25, 0.3) is 11.0 Å². The monoisotopic (exact) mass is 303 g/mol. The van der Waals surface area contributed by atoms with E-state index >= 15 is 0 Å². The number of carbonyl (C=O) groups is 1. The molecule has 72 valence electrons. The standard InChI is InChI=1S/C8H6IN3O2/c1-14-8(13)6-2-5-7(12-11-6)4(9)3-10-5/h2-3,10H,1H3. The van der Waals surface area contributed by atoms with Crippen molar-refractivity contribution in [1.29, 1.82) is 0 Å². The van der Waals surface area contributed by atoms with Gasteiger partial charge >= 0.3 is 5.97 Å². The van der Waals surface area contributed by atoms with Gasteiger partial charge in [-0.3, -0.25) is 0 Å². The molecule has 2 rings (SSSR count). The highest BCUT2D eigenvalue weighted by molar-refractivity contribution is 14.1. The maximum Gasteiger partial charge on any atom is 0.358 e. The van der Waals surface area contributed by atoms with Crippen LogP contribution in [0.15, 0.2) is 12.3 Å². The number of rotatable bonds is 1. The van der Waals surface area contributed by atoms with Crippen LogP contribution in [0, 0.1) is 3.57 Å². The van der Waals surface area contributed by atoms with Gasteiger partial charge in [-0.25, -0.2) is 4.79 Å². The molecule has 0 aliphatic heterocycles. The van der Waals surface area contributed by atoms with Crippen molar-refractivity contribution in [2.75, 3.05) is 7.11 Å². The van der Waals surface area contributed by atoms with Crippen LogP contribution in [0.1, 0.15) is 10.5 Å². The van der Waals surface area contributed by atoms with Crippen LogP contribution in [-0.4, -0.2) is 28.3 Å². The van der Waals surface area contributed by atoms with E-state index in [0.29, 0.717) is 0 Å². The first-order valence-corrected chi connectivity index (χ1v) is 4.89. The number of ether oxygens (including phenoxy) is 1. The van der Waals surface area contributed by atoms with Gasteiger partial charge in [-0.2, -0.15) is 0 Å². The zero-order valence-electron chi connectivity index (χ0n) is 7.24. The summed E-state index contributed by atoms with van der Waals surface area (Å²) in [4.78, 5) is 14.1. The Morgan fingerprint density at radius 1 is 1.57 bits per heavy atom. The minimum absolute atomic E-state index is 0.207. The molecule has 1 N–H and O–H groups in total. The normalized spacial score (nSPS) is 10.4. The lowest BCUT2D eigenvalue weighted by Gasteiger charge is -1.96. The van der Waals surface area contributed by atoms with Crippen molar-refractivity contribution in [1.82, 2.24) is 15.2 Å². The van der Waals surface area contributed by atoms with E-state index in [1.54, 1.807) is 12.3 Å². The number of hydrogen-bond donors (Lipinski definition) is 1. The largest absolute Gasteiger partial charge is 0.464 e. The Morgan fingerprint density at radius 2 is 2.36 bits per heavy atom. The number of methoxy groups -OCH3 is 1. The van der Waals surface area contributed by atoms with Gasteiger partial charge in [0, 0.05) is 6.20 Å². The van der Waals surface area contributed by atoms with Crippen LogP contribution in [0.3, 0.4) is 0 Å². The highest BCUT2D eigenvalue weighted by Crippen LogP contribution is 2.17. The molecule has 0 saturated heterocycles. The summed E-state index contributed by atoms with van der Waals surface area (Å²) in [6.45, 7) is 0. The number of aromatic nitrogens is 3. The van der Waals surface area contributed by atoms with Crippen LogP contribution < -0.4 is 0 Å². The van der Waals surface area contributed by atoms with E-state index in [2.05, 4.69) is 42.5 Å². The Hall–Kier alpha value is -1.18. The van der Waals surface area contributed by atoms with Crippen molar-refractivity contribution in [2.24, 2.45) is 0 Å². The van der Waals surface area contributed by atoms with Crippen molar-refractivity contribution in [2.45, 2.75) is 0 Å². The summed E-state index contributed by atoms with van der Waals surface area (Å²) in [6.07, 6.45) is 1.81. The van der Waals surface area contributed by atoms with Crippen LogP contribution in [0.2, 0.25) is 0 Å². The molecule has 5 nitrogen and oxygen atoms in total. The molecule has 0 fully saturated rings. The molecule has 2 heterocycles. The first-order valence-electron chi connectivity index (χ1n) is 3.81. The number of halogens is 1. The van der Waals surface area contributed by atoms with Crippen molar-refractivity contribution >= 4 is 39.6 Å². The Kier molecular flexibility index (Phi) is 2.36. The van der Waals surface area contributed by atoms with E-state index in [-0.39, 0.29) is 5.69 Å². The van der Waals surface area contributed by atoms with Crippen LogP contribution in [-0.2, 0) is 4.74 Å². The highest BCUT2D eigenvalue weighted by atomic mass is 127. The molecular formula is C8H6IN3O2. The summed E-state index contributed by atoms with van der Waals surface area (Å²) in [7, 11) is 1.31. The molecular weight excluding hydrogens is 297 g/mol. The number of hydrogen-bond acceptors (Lipinski definition) is 4. The van der Waals surface area contributed by atoms with Gasteiger partial charge < -0.3 is 9.72 Å². The van der Waals surface area contributed by atoms with Crippen LogP contribution in [0.4, 0.5) is 0 Å². The maximum atomic E-state index is 11.1. The van der Waals surface area contributed by atoms with Gasteiger partial charge in [0.2, 0.25) is 0 Å². The van der Waals surface area contributed by atoms with Crippen molar-refractivity contribution in [3.63, 3.8) is 0 Å². The smallest absolute Gasteiger partial charge is 0.358 e. The van der Waals surface area contributed by atoms with E-state index < -0.39 is 5.97 Å². The average Bonchev–Trinajstić information content (AvgIpc) is 2.59. The molecule has 0 aromatic carbocycles. The fraction of sp³-hybridized carbons (Fsp3) is 0.125. The number of aromatic amines is 1. The third-order valence-corrected chi connectivity index (χ3v) is 2.59. The fourth-order valence-corrected chi connectivity index (χ4v) is 1.65. The quantitative estimate of drug-likeness (QED) is 0.638. The Morgan fingerprint density at radius 3 is 3.07 bits per heavy atom. The Labute approximate surface area is 93.0 Å². The van der Waals surface area contributed by atoms with Crippen LogP contribution in [0.5, 0.6) is 0 Å². The molecule has 0 atom stereocenters. The van der Waals surface area contributed by atoms with Crippen molar-refractivity contribution < 1.29 is 9.53 Å². The van der Waals surface area contributed by atoms with E-state index in [0.717, 1.165) is 14.6 Å². The Balaban J connectivity index is 2.57. The van der Waals surface area contributed by atoms with Gasteiger partial charge in [-0.1, -0.05) is 0 Å².